The van der Waals surface area contributed by atoms with E-state index in [1.807, 2.05) is 18.5 Å². The third-order valence-corrected chi connectivity index (χ3v) is 1.94. The predicted molar refractivity (Wildman–Crippen MR) is 58.5 cm³/mol. The zero-order chi connectivity index (χ0) is 9.52. The second-order valence-electron chi connectivity index (χ2n) is 2.83. The number of thiocarbonyl (C=S) groups is 1. The Morgan fingerprint density at radius 2 is 2.38 bits per heavy atom. The number of hydrogen-bond acceptors (Lipinski definition) is 1. The third kappa shape index (κ3) is 3.94. The third-order valence-electron chi connectivity index (χ3n) is 1.65. The molecule has 0 aliphatic rings. The van der Waals surface area contributed by atoms with E-state index in [-0.39, 0.29) is 0 Å². The fourth-order valence-electron chi connectivity index (χ4n) is 0.952. The second kappa shape index (κ2) is 5.59. The lowest BCUT2D eigenvalue weighted by Crippen LogP contribution is -2.34. The molecule has 4 heteroatoms. The summed E-state index contributed by atoms with van der Waals surface area (Å²) in [6.45, 7) is 3.82. The van der Waals surface area contributed by atoms with Crippen LogP contribution in [-0.4, -0.2) is 16.6 Å². The molecular formula is C9H15N3S. The smallest absolute Gasteiger partial charge is 0.166 e. The zero-order valence-electron chi connectivity index (χ0n) is 7.76. The lowest BCUT2D eigenvalue weighted by atomic mass is 10.3. The molecule has 72 valence electrons. The molecule has 0 aliphatic carbocycles. The average Bonchev–Trinajstić information content (AvgIpc) is 2.64. The molecular weight excluding hydrogens is 182 g/mol. The fraction of sp³-hybridized carbons (Fsp3) is 0.444. The van der Waals surface area contributed by atoms with E-state index in [9.17, 15) is 0 Å². The van der Waals surface area contributed by atoms with E-state index in [0.717, 1.165) is 24.6 Å². The number of aromatic amines is 1. The number of hydrogen-bond donors (Lipinski definition) is 3. The summed E-state index contributed by atoms with van der Waals surface area (Å²) < 4.78 is 0. The van der Waals surface area contributed by atoms with E-state index >= 15 is 0 Å². The van der Waals surface area contributed by atoms with Gasteiger partial charge in [0.05, 0.1) is 0 Å². The van der Waals surface area contributed by atoms with Crippen LogP contribution in [0.25, 0.3) is 0 Å². The molecule has 0 fully saturated rings. The normalized spacial score (nSPS) is 9.62. The van der Waals surface area contributed by atoms with Gasteiger partial charge in [-0.1, -0.05) is 6.92 Å². The first-order chi connectivity index (χ1) is 6.33. The minimum absolute atomic E-state index is 0.725. The van der Waals surface area contributed by atoms with Crippen molar-refractivity contribution in [2.24, 2.45) is 0 Å². The van der Waals surface area contributed by atoms with Crippen molar-refractivity contribution in [1.82, 2.24) is 15.6 Å². The number of rotatable bonds is 4. The van der Waals surface area contributed by atoms with Crippen molar-refractivity contribution in [2.45, 2.75) is 19.9 Å². The van der Waals surface area contributed by atoms with Gasteiger partial charge in [0.2, 0.25) is 0 Å². The molecule has 0 radical (unpaired) electrons. The van der Waals surface area contributed by atoms with Gasteiger partial charge in [0.15, 0.2) is 5.11 Å². The predicted octanol–water partition coefficient (Wildman–Crippen LogP) is 1.39. The SMILES string of the molecule is CCCNC(=S)NCc1cc[nH]c1. The molecule has 0 saturated carbocycles. The molecule has 0 saturated heterocycles. The highest BCUT2D eigenvalue weighted by molar-refractivity contribution is 7.80. The van der Waals surface area contributed by atoms with Crippen molar-refractivity contribution in [2.75, 3.05) is 6.54 Å². The van der Waals surface area contributed by atoms with Gasteiger partial charge in [0.25, 0.3) is 0 Å². The Bertz CT molecular complexity index is 243. The Hall–Kier alpha value is -1.03. The Morgan fingerprint density at radius 1 is 1.54 bits per heavy atom. The molecule has 0 spiro atoms. The average molecular weight is 197 g/mol. The highest BCUT2D eigenvalue weighted by Crippen LogP contribution is 1.94. The summed E-state index contributed by atoms with van der Waals surface area (Å²) in [6.07, 6.45) is 4.95. The topological polar surface area (TPSA) is 39.8 Å². The van der Waals surface area contributed by atoms with E-state index in [0.29, 0.717) is 0 Å². The van der Waals surface area contributed by atoms with E-state index in [1.54, 1.807) is 0 Å². The number of aromatic nitrogens is 1. The van der Waals surface area contributed by atoms with Crippen LogP contribution in [0.1, 0.15) is 18.9 Å². The molecule has 0 amide bonds. The molecule has 3 N–H and O–H groups in total. The van der Waals surface area contributed by atoms with Gasteiger partial charge in [0, 0.05) is 25.5 Å². The molecule has 1 rings (SSSR count). The summed E-state index contributed by atoms with van der Waals surface area (Å²) >= 11 is 5.06. The molecule has 0 aromatic carbocycles. The summed E-state index contributed by atoms with van der Waals surface area (Å²) in [5.41, 5.74) is 1.21. The molecule has 3 nitrogen and oxygen atoms in total. The molecule has 1 aromatic heterocycles. The van der Waals surface area contributed by atoms with E-state index < -0.39 is 0 Å². The molecule has 1 aromatic rings. The first-order valence-electron chi connectivity index (χ1n) is 4.46. The summed E-state index contributed by atoms with van der Waals surface area (Å²) in [4.78, 5) is 2.99. The molecule has 0 atom stereocenters. The molecule has 0 bridgehead atoms. The fourth-order valence-corrected chi connectivity index (χ4v) is 1.13. The maximum absolute atomic E-state index is 5.06. The van der Waals surface area contributed by atoms with Gasteiger partial charge in [-0.2, -0.15) is 0 Å². The van der Waals surface area contributed by atoms with Gasteiger partial charge in [-0.05, 0) is 30.3 Å². The van der Waals surface area contributed by atoms with Crippen LogP contribution in [0, 0.1) is 0 Å². The maximum Gasteiger partial charge on any atom is 0.166 e. The van der Waals surface area contributed by atoms with Crippen molar-refractivity contribution in [3.05, 3.63) is 24.0 Å². The van der Waals surface area contributed by atoms with Gasteiger partial charge in [-0.25, -0.2) is 0 Å². The van der Waals surface area contributed by atoms with Crippen LogP contribution in [0.15, 0.2) is 18.5 Å². The van der Waals surface area contributed by atoms with E-state index in [2.05, 4.69) is 22.5 Å². The maximum atomic E-state index is 5.06. The Labute approximate surface area is 83.9 Å². The second-order valence-corrected chi connectivity index (χ2v) is 3.24. The van der Waals surface area contributed by atoms with Crippen molar-refractivity contribution < 1.29 is 0 Å². The van der Waals surface area contributed by atoms with Crippen molar-refractivity contribution >= 4 is 17.3 Å². The molecule has 13 heavy (non-hydrogen) atoms. The molecule has 1 heterocycles. The van der Waals surface area contributed by atoms with Gasteiger partial charge in [0.1, 0.15) is 0 Å². The van der Waals surface area contributed by atoms with Gasteiger partial charge in [-0.15, -0.1) is 0 Å². The summed E-state index contributed by atoms with van der Waals surface area (Å²) in [6, 6.07) is 2.02. The van der Waals surface area contributed by atoms with Gasteiger partial charge in [-0.3, -0.25) is 0 Å². The van der Waals surface area contributed by atoms with Crippen LogP contribution in [0.3, 0.4) is 0 Å². The Morgan fingerprint density at radius 3 is 3.00 bits per heavy atom. The van der Waals surface area contributed by atoms with Crippen LogP contribution < -0.4 is 10.6 Å². The highest BCUT2D eigenvalue weighted by atomic mass is 32.1. The lowest BCUT2D eigenvalue weighted by Gasteiger charge is -2.07. The minimum atomic E-state index is 0.725. The summed E-state index contributed by atoms with van der Waals surface area (Å²) in [7, 11) is 0. The largest absolute Gasteiger partial charge is 0.367 e. The standard InChI is InChI=1S/C9H15N3S/c1-2-4-11-9(13)12-7-8-3-5-10-6-8/h3,5-6,10H,2,4,7H2,1H3,(H2,11,12,13). The van der Waals surface area contributed by atoms with Crippen LogP contribution in [0.2, 0.25) is 0 Å². The molecule has 0 unspecified atom stereocenters. The van der Waals surface area contributed by atoms with Crippen LogP contribution in [0.4, 0.5) is 0 Å². The Kier molecular flexibility index (Phi) is 4.32. The van der Waals surface area contributed by atoms with Crippen molar-refractivity contribution in [3.8, 4) is 0 Å². The molecule has 0 aliphatic heterocycles. The zero-order valence-corrected chi connectivity index (χ0v) is 8.58. The summed E-state index contributed by atoms with van der Waals surface area (Å²) in [5, 5.41) is 6.95. The number of H-pyrrole nitrogens is 1. The summed E-state index contributed by atoms with van der Waals surface area (Å²) in [5.74, 6) is 0. The highest BCUT2D eigenvalue weighted by Gasteiger charge is 1.94. The first kappa shape index (κ1) is 10.1. The van der Waals surface area contributed by atoms with E-state index in [4.69, 9.17) is 12.2 Å². The minimum Gasteiger partial charge on any atom is -0.367 e. The van der Waals surface area contributed by atoms with Crippen LogP contribution in [-0.2, 0) is 6.54 Å². The quantitative estimate of drug-likeness (QED) is 0.639. The van der Waals surface area contributed by atoms with E-state index in [1.165, 1.54) is 5.56 Å². The van der Waals surface area contributed by atoms with Gasteiger partial charge < -0.3 is 15.6 Å². The van der Waals surface area contributed by atoms with Crippen molar-refractivity contribution in [1.29, 1.82) is 0 Å². The lowest BCUT2D eigenvalue weighted by molar-refractivity contribution is 0.800. The Balaban J connectivity index is 2.15. The number of nitrogens with one attached hydrogen (secondary N) is 3. The van der Waals surface area contributed by atoms with Crippen molar-refractivity contribution in [3.63, 3.8) is 0 Å². The first-order valence-corrected chi connectivity index (χ1v) is 4.87. The monoisotopic (exact) mass is 197 g/mol. The van der Waals surface area contributed by atoms with Crippen LogP contribution in [0.5, 0.6) is 0 Å². The van der Waals surface area contributed by atoms with Crippen LogP contribution >= 0.6 is 12.2 Å². The van der Waals surface area contributed by atoms with Gasteiger partial charge >= 0.3 is 0 Å².